The zero-order chi connectivity index (χ0) is 13.8. The first kappa shape index (κ1) is 14.9. The zero-order valence-corrected chi connectivity index (χ0v) is 12.3. The second-order valence-corrected chi connectivity index (χ2v) is 5.18. The van der Waals surface area contributed by atoms with Crippen LogP contribution in [0, 0.1) is 0 Å². The van der Waals surface area contributed by atoms with Gasteiger partial charge in [0.2, 0.25) is 17.2 Å². The number of anilines is 2. The minimum absolute atomic E-state index is 0.00253. The molecule has 0 fully saturated rings. The van der Waals surface area contributed by atoms with E-state index < -0.39 is 0 Å². The fraction of sp³-hybridized carbons (Fsp3) is 0.727. The molecule has 1 heterocycles. The number of hydrogen-bond donors (Lipinski definition) is 2. The molecule has 0 atom stereocenters. The maximum absolute atomic E-state index is 5.85. The maximum atomic E-state index is 5.85. The molecule has 0 radical (unpaired) electrons. The summed E-state index contributed by atoms with van der Waals surface area (Å²) in [6, 6.07) is 0. The van der Waals surface area contributed by atoms with Crippen molar-refractivity contribution in [1.29, 1.82) is 0 Å². The summed E-state index contributed by atoms with van der Waals surface area (Å²) in [5.41, 5.74) is -0.00253. The lowest BCUT2D eigenvalue weighted by molar-refractivity contribution is 0.209. The van der Waals surface area contributed by atoms with E-state index in [0.29, 0.717) is 18.4 Å². The quantitative estimate of drug-likeness (QED) is 0.822. The first-order valence-corrected chi connectivity index (χ1v) is 6.29. The third kappa shape index (κ3) is 4.27. The van der Waals surface area contributed by atoms with E-state index in [-0.39, 0.29) is 10.8 Å². The first-order valence-electron chi connectivity index (χ1n) is 5.92. The third-order valence-corrected chi connectivity index (χ3v) is 3.00. The van der Waals surface area contributed by atoms with Crippen LogP contribution in [0.3, 0.4) is 0 Å². The number of halogens is 1. The van der Waals surface area contributed by atoms with Crippen molar-refractivity contribution < 1.29 is 0 Å². The van der Waals surface area contributed by atoms with Crippen molar-refractivity contribution in [2.24, 2.45) is 0 Å². The molecule has 18 heavy (non-hydrogen) atoms. The molecule has 1 aromatic rings. The van der Waals surface area contributed by atoms with Gasteiger partial charge in [-0.3, -0.25) is 0 Å². The van der Waals surface area contributed by atoms with Crippen LogP contribution in [0.5, 0.6) is 0 Å². The van der Waals surface area contributed by atoms with Crippen LogP contribution >= 0.6 is 11.6 Å². The Morgan fingerprint density at radius 3 is 2.17 bits per heavy atom. The fourth-order valence-corrected chi connectivity index (χ4v) is 1.28. The van der Waals surface area contributed by atoms with Crippen LogP contribution in [-0.4, -0.2) is 52.6 Å². The average molecular weight is 273 g/mol. The Kier molecular flexibility index (Phi) is 5.10. The summed E-state index contributed by atoms with van der Waals surface area (Å²) in [6.45, 7) is 7.69. The molecule has 0 bridgehead atoms. The Hall–Kier alpha value is -1.14. The van der Waals surface area contributed by atoms with Crippen LogP contribution in [0.2, 0.25) is 5.28 Å². The number of nitrogens with zero attached hydrogens (tertiary/aromatic N) is 4. The van der Waals surface area contributed by atoms with E-state index in [0.717, 1.165) is 6.54 Å². The van der Waals surface area contributed by atoms with Crippen molar-refractivity contribution in [1.82, 2.24) is 19.9 Å². The standard InChI is InChI=1S/C11H21ClN6/c1-6-13-9-15-8(12)16-10(17-9)14-7-11(2,3)18(4)5/h6-7H2,1-5H3,(H2,13,14,15,16,17). The maximum Gasteiger partial charge on any atom is 0.228 e. The molecule has 0 saturated heterocycles. The van der Waals surface area contributed by atoms with Crippen molar-refractivity contribution >= 4 is 23.5 Å². The summed E-state index contributed by atoms with van der Waals surface area (Å²) in [7, 11) is 4.07. The smallest absolute Gasteiger partial charge is 0.228 e. The van der Waals surface area contributed by atoms with Crippen LogP contribution < -0.4 is 10.6 Å². The van der Waals surface area contributed by atoms with Crippen LogP contribution in [0.4, 0.5) is 11.9 Å². The predicted octanol–water partition coefficient (Wildman–Crippen LogP) is 1.71. The minimum Gasteiger partial charge on any atom is -0.354 e. The van der Waals surface area contributed by atoms with Gasteiger partial charge in [0.15, 0.2) is 0 Å². The SMILES string of the molecule is CCNc1nc(Cl)nc(NCC(C)(C)N(C)C)n1. The highest BCUT2D eigenvalue weighted by atomic mass is 35.5. The van der Waals surface area contributed by atoms with Gasteiger partial charge in [-0.15, -0.1) is 0 Å². The number of aromatic nitrogens is 3. The molecule has 6 nitrogen and oxygen atoms in total. The lowest BCUT2D eigenvalue weighted by Gasteiger charge is -2.32. The fourth-order valence-electron chi connectivity index (χ4n) is 1.12. The van der Waals surface area contributed by atoms with E-state index >= 15 is 0 Å². The van der Waals surface area contributed by atoms with Crippen molar-refractivity contribution in [3.8, 4) is 0 Å². The Balaban J connectivity index is 2.73. The highest BCUT2D eigenvalue weighted by Gasteiger charge is 2.20. The Morgan fingerprint density at radius 1 is 1.11 bits per heavy atom. The van der Waals surface area contributed by atoms with Gasteiger partial charge >= 0.3 is 0 Å². The van der Waals surface area contributed by atoms with Gasteiger partial charge in [-0.1, -0.05) is 0 Å². The van der Waals surface area contributed by atoms with Gasteiger partial charge in [-0.25, -0.2) is 0 Å². The van der Waals surface area contributed by atoms with Crippen molar-refractivity contribution in [2.45, 2.75) is 26.3 Å². The van der Waals surface area contributed by atoms with Crippen LogP contribution in [-0.2, 0) is 0 Å². The van der Waals surface area contributed by atoms with Gasteiger partial charge in [0.05, 0.1) is 0 Å². The summed E-state index contributed by atoms with van der Waals surface area (Å²) in [5, 5.41) is 6.38. The monoisotopic (exact) mass is 272 g/mol. The molecule has 0 unspecified atom stereocenters. The Morgan fingerprint density at radius 2 is 1.67 bits per heavy atom. The van der Waals surface area contributed by atoms with E-state index in [2.05, 4.69) is 44.3 Å². The molecular formula is C11H21ClN6. The molecule has 102 valence electrons. The zero-order valence-electron chi connectivity index (χ0n) is 11.6. The van der Waals surface area contributed by atoms with Gasteiger partial charge in [0.1, 0.15) is 0 Å². The topological polar surface area (TPSA) is 66.0 Å². The summed E-state index contributed by atoms with van der Waals surface area (Å²) in [6.07, 6.45) is 0. The van der Waals surface area contributed by atoms with E-state index in [1.807, 2.05) is 21.0 Å². The van der Waals surface area contributed by atoms with Crippen molar-refractivity contribution in [3.63, 3.8) is 0 Å². The van der Waals surface area contributed by atoms with Gasteiger partial charge in [0.25, 0.3) is 0 Å². The average Bonchev–Trinajstić information content (AvgIpc) is 2.26. The molecule has 1 rings (SSSR count). The summed E-state index contributed by atoms with van der Waals surface area (Å²) < 4.78 is 0. The minimum atomic E-state index is -0.00253. The molecule has 0 aliphatic heterocycles. The molecule has 0 amide bonds. The van der Waals surface area contributed by atoms with E-state index in [9.17, 15) is 0 Å². The number of likely N-dealkylation sites (N-methyl/N-ethyl adjacent to an activating group) is 1. The first-order chi connectivity index (χ1) is 8.35. The van der Waals surface area contributed by atoms with E-state index in [1.54, 1.807) is 0 Å². The molecule has 7 heteroatoms. The predicted molar refractivity (Wildman–Crippen MR) is 75.3 cm³/mol. The number of rotatable bonds is 6. The molecule has 0 spiro atoms. The van der Waals surface area contributed by atoms with Gasteiger partial charge in [-0.05, 0) is 46.5 Å². The molecule has 1 aromatic heterocycles. The highest BCUT2D eigenvalue weighted by molar-refractivity contribution is 6.28. The highest BCUT2D eigenvalue weighted by Crippen LogP contribution is 2.13. The summed E-state index contributed by atoms with van der Waals surface area (Å²) in [4.78, 5) is 14.4. The second kappa shape index (κ2) is 6.15. The summed E-state index contributed by atoms with van der Waals surface area (Å²) in [5.74, 6) is 0.975. The largest absolute Gasteiger partial charge is 0.354 e. The molecule has 0 saturated carbocycles. The van der Waals surface area contributed by atoms with Gasteiger partial charge in [0, 0.05) is 18.6 Å². The lowest BCUT2D eigenvalue weighted by Crippen LogP contribution is -2.44. The third-order valence-electron chi connectivity index (χ3n) is 2.83. The van der Waals surface area contributed by atoms with Gasteiger partial charge < -0.3 is 15.5 Å². The van der Waals surface area contributed by atoms with Crippen LogP contribution in [0.1, 0.15) is 20.8 Å². The molecule has 0 aliphatic carbocycles. The number of hydrogen-bond acceptors (Lipinski definition) is 6. The Bertz CT molecular complexity index is 393. The normalized spacial score (nSPS) is 11.7. The molecule has 0 aliphatic rings. The van der Waals surface area contributed by atoms with Crippen LogP contribution in [0.25, 0.3) is 0 Å². The molecule has 0 aromatic carbocycles. The summed E-state index contributed by atoms with van der Waals surface area (Å²) >= 11 is 5.85. The Labute approximate surface area is 113 Å². The van der Waals surface area contributed by atoms with Gasteiger partial charge in [-0.2, -0.15) is 15.0 Å². The van der Waals surface area contributed by atoms with E-state index in [4.69, 9.17) is 11.6 Å². The van der Waals surface area contributed by atoms with Crippen molar-refractivity contribution in [2.75, 3.05) is 37.8 Å². The van der Waals surface area contributed by atoms with E-state index in [1.165, 1.54) is 0 Å². The lowest BCUT2D eigenvalue weighted by atomic mass is 10.1. The molecular weight excluding hydrogens is 252 g/mol. The van der Waals surface area contributed by atoms with Crippen molar-refractivity contribution in [3.05, 3.63) is 5.28 Å². The van der Waals surface area contributed by atoms with Crippen LogP contribution in [0.15, 0.2) is 0 Å². The number of nitrogens with one attached hydrogen (secondary N) is 2. The second-order valence-electron chi connectivity index (χ2n) is 4.84. The molecule has 2 N–H and O–H groups in total.